The van der Waals surface area contributed by atoms with Gasteiger partial charge in [0.05, 0.1) is 13.5 Å². The van der Waals surface area contributed by atoms with E-state index in [4.69, 9.17) is 21.1 Å². The van der Waals surface area contributed by atoms with Crippen molar-refractivity contribution < 1.29 is 14.3 Å². The van der Waals surface area contributed by atoms with Crippen LogP contribution in [0, 0.1) is 6.92 Å². The summed E-state index contributed by atoms with van der Waals surface area (Å²) in [6.07, 6.45) is 3.18. The molecule has 0 bridgehead atoms. The molecule has 1 saturated carbocycles. The molecule has 0 aromatic heterocycles. The summed E-state index contributed by atoms with van der Waals surface area (Å²) in [6, 6.07) is 5.52. The molecule has 1 aliphatic rings. The van der Waals surface area contributed by atoms with Gasteiger partial charge in [-0.2, -0.15) is 0 Å². The molecule has 3 nitrogen and oxygen atoms in total. The van der Waals surface area contributed by atoms with E-state index in [1.165, 1.54) is 7.11 Å². The van der Waals surface area contributed by atoms with Gasteiger partial charge in [-0.05, 0) is 49.9 Å². The topological polar surface area (TPSA) is 35.5 Å². The first-order chi connectivity index (χ1) is 8.54. The lowest BCUT2D eigenvalue weighted by Crippen LogP contribution is -2.45. The summed E-state index contributed by atoms with van der Waals surface area (Å²) in [6.45, 7) is 1.95. The van der Waals surface area contributed by atoms with Crippen LogP contribution >= 0.6 is 11.6 Å². The highest BCUT2D eigenvalue weighted by molar-refractivity contribution is 6.30. The highest BCUT2D eigenvalue weighted by Gasteiger charge is 2.42. The van der Waals surface area contributed by atoms with Crippen LogP contribution in [-0.4, -0.2) is 18.7 Å². The lowest BCUT2D eigenvalue weighted by molar-refractivity contribution is -0.148. The van der Waals surface area contributed by atoms with Gasteiger partial charge in [-0.15, -0.1) is 0 Å². The van der Waals surface area contributed by atoms with Crippen LogP contribution in [0.25, 0.3) is 0 Å². The molecule has 0 amide bonds. The number of benzene rings is 1. The largest absolute Gasteiger partial charge is 0.486 e. The van der Waals surface area contributed by atoms with E-state index in [1.54, 1.807) is 6.07 Å². The molecular weight excluding hydrogens is 252 g/mol. The van der Waals surface area contributed by atoms with Crippen LogP contribution < -0.4 is 4.74 Å². The molecule has 1 aliphatic carbocycles. The third kappa shape index (κ3) is 2.78. The zero-order valence-electron chi connectivity index (χ0n) is 10.7. The van der Waals surface area contributed by atoms with Crippen molar-refractivity contribution in [3.8, 4) is 5.75 Å². The lowest BCUT2D eigenvalue weighted by Gasteiger charge is -2.41. The smallest absolute Gasteiger partial charge is 0.309 e. The predicted molar refractivity (Wildman–Crippen MR) is 70.0 cm³/mol. The summed E-state index contributed by atoms with van der Waals surface area (Å²) in [5.74, 6) is 0.573. The Bertz CT molecular complexity index is 452. The maximum absolute atomic E-state index is 11.4. The molecule has 1 fully saturated rings. The van der Waals surface area contributed by atoms with Crippen molar-refractivity contribution in [1.29, 1.82) is 0 Å². The molecule has 0 unspecified atom stereocenters. The maximum atomic E-state index is 11.4. The van der Waals surface area contributed by atoms with Gasteiger partial charge in [-0.3, -0.25) is 4.79 Å². The monoisotopic (exact) mass is 268 g/mol. The van der Waals surface area contributed by atoms with Crippen LogP contribution in [0.5, 0.6) is 5.75 Å². The molecular formula is C14H17ClO3. The molecule has 0 heterocycles. The minimum atomic E-state index is -0.383. The van der Waals surface area contributed by atoms with Gasteiger partial charge in [0.15, 0.2) is 0 Å². The second kappa shape index (κ2) is 5.19. The zero-order chi connectivity index (χ0) is 13.2. The van der Waals surface area contributed by atoms with Crippen molar-refractivity contribution >= 4 is 17.6 Å². The molecule has 0 aliphatic heterocycles. The molecule has 0 spiro atoms. The number of hydrogen-bond acceptors (Lipinski definition) is 3. The summed E-state index contributed by atoms with van der Waals surface area (Å²) < 4.78 is 10.8. The molecule has 0 saturated heterocycles. The van der Waals surface area contributed by atoms with E-state index in [-0.39, 0.29) is 11.6 Å². The summed E-state index contributed by atoms with van der Waals surface area (Å²) in [5, 5.41) is 0.690. The molecule has 2 rings (SSSR count). The Morgan fingerprint density at radius 3 is 2.67 bits per heavy atom. The normalized spacial score (nSPS) is 16.8. The SMILES string of the molecule is COC(=O)CC1(Oc2ccc(Cl)cc2C)CCC1. The third-order valence-corrected chi connectivity index (χ3v) is 3.66. The van der Waals surface area contributed by atoms with Gasteiger partial charge < -0.3 is 9.47 Å². The van der Waals surface area contributed by atoms with Crippen LogP contribution in [0.1, 0.15) is 31.2 Å². The molecule has 0 radical (unpaired) electrons. The Morgan fingerprint density at radius 2 is 2.17 bits per heavy atom. The summed E-state index contributed by atoms with van der Waals surface area (Å²) in [5.41, 5.74) is 0.602. The van der Waals surface area contributed by atoms with Crippen molar-refractivity contribution in [1.82, 2.24) is 0 Å². The zero-order valence-corrected chi connectivity index (χ0v) is 11.4. The van der Waals surface area contributed by atoms with Crippen LogP contribution in [0.3, 0.4) is 0 Å². The minimum absolute atomic E-state index is 0.221. The van der Waals surface area contributed by atoms with Crippen LogP contribution in [0.4, 0.5) is 0 Å². The van der Waals surface area contributed by atoms with Gasteiger partial charge in [0, 0.05) is 5.02 Å². The van der Waals surface area contributed by atoms with E-state index in [2.05, 4.69) is 0 Å². The molecule has 1 aromatic rings. The predicted octanol–water partition coefficient (Wildman–Crippen LogP) is 3.51. The van der Waals surface area contributed by atoms with Gasteiger partial charge >= 0.3 is 5.97 Å². The third-order valence-electron chi connectivity index (χ3n) is 3.42. The average molecular weight is 269 g/mol. The first-order valence-electron chi connectivity index (χ1n) is 6.07. The van der Waals surface area contributed by atoms with Gasteiger partial charge in [0.1, 0.15) is 11.4 Å². The summed E-state index contributed by atoms with van der Waals surface area (Å²) >= 11 is 5.91. The second-order valence-electron chi connectivity index (χ2n) is 4.80. The number of esters is 1. The van der Waals surface area contributed by atoms with E-state index in [1.807, 2.05) is 19.1 Å². The second-order valence-corrected chi connectivity index (χ2v) is 5.24. The highest BCUT2D eigenvalue weighted by atomic mass is 35.5. The van der Waals surface area contributed by atoms with Gasteiger partial charge in [0.25, 0.3) is 0 Å². The van der Waals surface area contributed by atoms with Crippen molar-refractivity contribution in [3.05, 3.63) is 28.8 Å². The van der Waals surface area contributed by atoms with Crippen molar-refractivity contribution in [3.63, 3.8) is 0 Å². The first-order valence-corrected chi connectivity index (χ1v) is 6.44. The Labute approximate surface area is 112 Å². The molecule has 98 valence electrons. The number of halogens is 1. The van der Waals surface area contributed by atoms with Gasteiger partial charge in [0.2, 0.25) is 0 Å². The van der Waals surface area contributed by atoms with E-state index in [9.17, 15) is 4.79 Å². The summed E-state index contributed by atoms with van der Waals surface area (Å²) in [4.78, 5) is 11.4. The molecule has 0 atom stereocenters. The Morgan fingerprint density at radius 1 is 1.44 bits per heavy atom. The van der Waals surface area contributed by atoms with Gasteiger partial charge in [-0.1, -0.05) is 11.6 Å². The quantitative estimate of drug-likeness (QED) is 0.784. The first kappa shape index (κ1) is 13.2. The lowest BCUT2D eigenvalue weighted by atomic mass is 9.77. The number of aryl methyl sites for hydroxylation is 1. The van der Waals surface area contributed by atoms with E-state index < -0.39 is 0 Å². The Balaban J connectivity index is 2.12. The van der Waals surface area contributed by atoms with Crippen LogP contribution in [0.2, 0.25) is 5.02 Å². The fourth-order valence-electron chi connectivity index (χ4n) is 2.18. The van der Waals surface area contributed by atoms with Crippen molar-refractivity contribution in [2.45, 2.75) is 38.2 Å². The van der Waals surface area contributed by atoms with E-state index in [0.29, 0.717) is 11.4 Å². The number of rotatable bonds is 4. The molecule has 0 N–H and O–H groups in total. The van der Waals surface area contributed by atoms with E-state index >= 15 is 0 Å². The fraction of sp³-hybridized carbons (Fsp3) is 0.500. The Hall–Kier alpha value is -1.22. The number of ether oxygens (including phenoxy) is 2. The molecule has 4 heteroatoms. The standard InChI is InChI=1S/C14H17ClO3/c1-10-8-11(15)4-5-12(10)18-14(6-3-7-14)9-13(16)17-2/h4-5,8H,3,6-7,9H2,1-2H3. The van der Waals surface area contributed by atoms with Crippen LogP contribution in [0.15, 0.2) is 18.2 Å². The Kier molecular flexibility index (Phi) is 3.81. The van der Waals surface area contributed by atoms with Crippen molar-refractivity contribution in [2.24, 2.45) is 0 Å². The number of methoxy groups -OCH3 is 1. The summed E-state index contributed by atoms with van der Waals surface area (Å²) in [7, 11) is 1.40. The van der Waals surface area contributed by atoms with E-state index in [0.717, 1.165) is 30.6 Å². The number of carbonyl (C=O) groups excluding carboxylic acids is 1. The molecule has 18 heavy (non-hydrogen) atoms. The number of carbonyl (C=O) groups is 1. The van der Waals surface area contributed by atoms with Gasteiger partial charge in [-0.25, -0.2) is 0 Å². The highest BCUT2D eigenvalue weighted by Crippen LogP contribution is 2.40. The molecule has 1 aromatic carbocycles. The number of hydrogen-bond donors (Lipinski definition) is 0. The maximum Gasteiger partial charge on any atom is 0.309 e. The van der Waals surface area contributed by atoms with Crippen LogP contribution in [-0.2, 0) is 9.53 Å². The van der Waals surface area contributed by atoms with Crippen molar-refractivity contribution in [2.75, 3.05) is 7.11 Å². The fourth-order valence-corrected chi connectivity index (χ4v) is 2.41. The minimum Gasteiger partial charge on any atom is -0.486 e. The average Bonchev–Trinajstić information content (AvgIpc) is 2.29.